The Morgan fingerprint density at radius 2 is 2.15 bits per heavy atom. The first-order valence-electron chi connectivity index (χ1n) is 6.13. The Kier molecular flexibility index (Phi) is 6.26. The maximum Gasteiger partial charge on any atom is 0.249 e. The second-order valence-electron chi connectivity index (χ2n) is 4.38. The second-order valence-corrected chi connectivity index (χ2v) is 4.79. The lowest BCUT2D eigenvalue weighted by atomic mass is 10.2. The number of benzene rings is 1. The summed E-state index contributed by atoms with van der Waals surface area (Å²) in [5.41, 5.74) is 0.694. The molecule has 0 aliphatic carbocycles. The summed E-state index contributed by atoms with van der Waals surface area (Å²) in [4.78, 5) is 25.3. The van der Waals surface area contributed by atoms with Gasteiger partial charge in [-0.05, 0) is 25.6 Å². The van der Waals surface area contributed by atoms with Crippen LogP contribution in [0.5, 0.6) is 0 Å². The van der Waals surface area contributed by atoms with Gasteiger partial charge in [0.15, 0.2) is 0 Å². The van der Waals surface area contributed by atoms with E-state index in [1.165, 1.54) is 0 Å². The Labute approximate surface area is 129 Å². The summed E-state index contributed by atoms with van der Waals surface area (Å²) in [6.45, 7) is 0.767. The van der Waals surface area contributed by atoms with E-state index in [1.54, 1.807) is 24.1 Å². The molecule has 1 aromatic rings. The van der Waals surface area contributed by atoms with E-state index >= 15 is 0 Å². The van der Waals surface area contributed by atoms with Gasteiger partial charge >= 0.3 is 0 Å². The summed E-state index contributed by atoms with van der Waals surface area (Å²) in [5.74, 6) is -0.292. The van der Waals surface area contributed by atoms with Crippen molar-refractivity contribution in [2.75, 3.05) is 25.0 Å². The molecule has 1 aliphatic heterocycles. The molecule has 1 aliphatic rings. The molecule has 1 heterocycles. The normalized spacial score (nSPS) is 17.8. The molecule has 2 rings (SSSR count). The average molecular weight is 318 g/mol. The molecular formula is C13H17Cl2N3O2. The van der Waals surface area contributed by atoms with E-state index in [2.05, 4.69) is 10.6 Å². The van der Waals surface area contributed by atoms with Crippen LogP contribution in [0.1, 0.15) is 6.42 Å². The Bertz CT molecular complexity index is 496. The van der Waals surface area contributed by atoms with E-state index in [9.17, 15) is 9.59 Å². The SMILES string of the molecule is CNCC(=O)NC1CCN(c2ccccc2Cl)C1=O.Cl. The molecule has 2 amide bonds. The van der Waals surface area contributed by atoms with Crippen LogP contribution < -0.4 is 15.5 Å². The fourth-order valence-corrected chi connectivity index (χ4v) is 2.37. The molecule has 1 saturated heterocycles. The summed E-state index contributed by atoms with van der Waals surface area (Å²) in [5, 5.41) is 6.00. The number of anilines is 1. The summed E-state index contributed by atoms with van der Waals surface area (Å²) < 4.78 is 0. The van der Waals surface area contributed by atoms with Gasteiger partial charge in [-0.15, -0.1) is 12.4 Å². The average Bonchev–Trinajstić information content (AvgIpc) is 2.72. The number of nitrogens with one attached hydrogen (secondary N) is 2. The zero-order valence-corrected chi connectivity index (χ0v) is 12.6. The van der Waals surface area contributed by atoms with Crippen LogP contribution in [0.4, 0.5) is 5.69 Å². The largest absolute Gasteiger partial charge is 0.343 e. The molecule has 1 atom stereocenters. The third kappa shape index (κ3) is 3.62. The minimum Gasteiger partial charge on any atom is -0.343 e. The predicted molar refractivity (Wildman–Crippen MR) is 81.5 cm³/mol. The molecular weight excluding hydrogens is 301 g/mol. The molecule has 110 valence electrons. The highest BCUT2D eigenvalue weighted by Crippen LogP contribution is 2.28. The summed E-state index contributed by atoms with van der Waals surface area (Å²) in [6, 6.07) is 6.74. The number of hydrogen-bond acceptors (Lipinski definition) is 3. The number of para-hydroxylation sites is 1. The van der Waals surface area contributed by atoms with Gasteiger partial charge in [0.2, 0.25) is 11.8 Å². The molecule has 0 radical (unpaired) electrons. The van der Waals surface area contributed by atoms with Crippen molar-refractivity contribution < 1.29 is 9.59 Å². The van der Waals surface area contributed by atoms with Crippen LogP contribution in [0.2, 0.25) is 5.02 Å². The topological polar surface area (TPSA) is 61.4 Å². The number of carbonyl (C=O) groups excluding carboxylic acids is 2. The fraction of sp³-hybridized carbons (Fsp3) is 0.385. The van der Waals surface area contributed by atoms with Crippen molar-refractivity contribution in [3.05, 3.63) is 29.3 Å². The van der Waals surface area contributed by atoms with Crippen molar-refractivity contribution in [1.29, 1.82) is 0 Å². The maximum atomic E-state index is 12.2. The zero-order valence-electron chi connectivity index (χ0n) is 11.1. The van der Waals surface area contributed by atoms with Gasteiger partial charge in [-0.2, -0.15) is 0 Å². The van der Waals surface area contributed by atoms with Crippen molar-refractivity contribution in [2.45, 2.75) is 12.5 Å². The first-order chi connectivity index (χ1) is 9.13. The highest BCUT2D eigenvalue weighted by Gasteiger charge is 2.34. The number of rotatable bonds is 4. The molecule has 1 unspecified atom stereocenters. The van der Waals surface area contributed by atoms with Crippen LogP contribution in [-0.4, -0.2) is 38.0 Å². The van der Waals surface area contributed by atoms with Crippen molar-refractivity contribution in [1.82, 2.24) is 10.6 Å². The second kappa shape index (κ2) is 7.47. The molecule has 7 heteroatoms. The minimum atomic E-state index is -0.461. The quantitative estimate of drug-likeness (QED) is 0.877. The van der Waals surface area contributed by atoms with Crippen LogP contribution in [-0.2, 0) is 9.59 Å². The van der Waals surface area contributed by atoms with Gasteiger partial charge < -0.3 is 15.5 Å². The minimum absolute atomic E-state index is 0. The molecule has 0 saturated carbocycles. The predicted octanol–water partition coefficient (Wildman–Crippen LogP) is 1.20. The Balaban J connectivity index is 0.00000200. The lowest BCUT2D eigenvalue weighted by Gasteiger charge is -2.18. The van der Waals surface area contributed by atoms with E-state index in [1.807, 2.05) is 12.1 Å². The molecule has 20 heavy (non-hydrogen) atoms. The monoisotopic (exact) mass is 317 g/mol. The van der Waals surface area contributed by atoms with Crippen LogP contribution in [0, 0.1) is 0 Å². The van der Waals surface area contributed by atoms with Gasteiger partial charge in [0.25, 0.3) is 0 Å². The third-order valence-electron chi connectivity index (χ3n) is 3.02. The van der Waals surface area contributed by atoms with E-state index in [4.69, 9.17) is 11.6 Å². The number of likely N-dealkylation sites (N-methyl/N-ethyl adjacent to an activating group) is 1. The Morgan fingerprint density at radius 1 is 1.45 bits per heavy atom. The van der Waals surface area contributed by atoms with Gasteiger partial charge in [-0.3, -0.25) is 9.59 Å². The van der Waals surface area contributed by atoms with E-state index in [0.717, 1.165) is 0 Å². The van der Waals surface area contributed by atoms with Gasteiger partial charge in [0, 0.05) is 6.54 Å². The lowest BCUT2D eigenvalue weighted by Crippen LogP contribution is -2.44. The zero-order chi connectivity index (χ0) is 13.8. The van der Waals surface area contributed by atoms with Crippen molar-refractivity contribution >= 4 is 41.5 Å². The summed E-state index contributed by atoms with van der Waals surface area (Å²) in [7, 11) is 1.69. The Morgan fingerprint density at radius 3 is 2.80 bits per heavy atom. The number of nitrogens with zero attached hydrogens (tertiary/aromatic N) is 1. The van der Waals surface area contributed by atoms with Crippen molar-refractivity contribution in [3.63, 3.8) is 0 Å². The van der Waals surface area contributed by atoms with Crippen LogP contribution in [0.15, 0.2) is 24.3 Å². The maximum absolute atomic E-state index is 12.2. The lowest BCUT2D eigenvalue weighted by molar-refractivity contribution is -0.125. The number of halogens is 2. The number of carbonyl (C=O) groups is 2. The molecule has 1 fully saturated rings. The highest BCUT2D eigenvalue weighted by molar-refractivity contribution is 6.34. The smallest absolute Gasteiger partial charge is 0.249 e. The molecule has 0 aromatic heterocycles. The molecule has 0 bridgehead atoms. The summed E-state index contributed by atoms with van der Waals surface area (Å²) in [6.07, 6.45) is 0.597. The van der Waals surface area contributed by atoms with Gasteiger partial charge in [0.05, 0.1) is 17.3 Å². The molecule has 0 spiro atoms. The number of hydrogen-bond donors (Lipinski definition) is 2. The third-order valence-corrected chi connectivity index (χ3v) is 3.34. The van der Waals surface area contributed by atoms with Gasteiger partial charge in [-0.1, -0.05) is 23.7 Å². The standard InChI is InChI=1S/C13H16ClN3O2.ClH/c1-15-8-12(18)16-10-6-7-17(13(10)19)11-5-3-2-4-9(11)14;/h2-5,10,15H,6-8H2,1H3,(H,16,18);1H. The van der Waals surface area contributed by atoms with Gasteiger partial charge in [-0.25, -0.2) is 0 Å². The molecule has 5 nitrogen and oxygen atoms in total. The van der Waals surface area contributed by atoms with Gasteiger partial charge in [0.1, 0.15) is 6.04 Å². The first kappa shape index (κ1) is 16.8. The number of amides is 2. The Hall–Kier alpha value is -1.30. The van der Waals surface area contributed by atoms with Crippen molar-refractivity contribution in [2.24, 2.45) is 0 Å². The van der Waals surface area contributed by atoms with Crippen LogP contribution in [0.25, 0.3) is 0 Å². The highest BCUT2D eigenvalue weighted by atomic mass is 35.5. The molecule has 2 N–H and O–H groups in total. The van der Waals surface area contributed by atoms with Crippen LogP contribution in [0.3, 0.4) is 0 Å². The van der Waals surface area contributed by atoms with Crippen LogP contribution >= 0.6 is 24.0 Å². The van der Waals surface area contributed by atoms with E-state index in [-0.39, 0.29) is 30.8 Å². The van der Waals surface area contributed by atoms with Crippen molar-refractivity contribution in [3.8, 4) is 0 Å². The van der Waals surface area contributed by atoms with E-state index < -0.39 is 6.04 Å². The molecule has 1 aromatic carbocycles. The first-order valence-corrected chi connectivity index (χ1v) is 6.51. The fourth-order valence-electron chi connectivity index (χ4n) is 2.13. The van der Waals surface area contributed by atoms with E-state index in [0.29, 0.717) is 23.7 Å². The summed E-state index contributed by atoms with van der Waals surface area (Å²) >= 11 is 6.08.